The molecule has 0 bridgehead atoms. The average molecular weight is 291 g/mol. The molecule has 0 saturated carbocycles. The second-order valence-electron chi connectivity index (χ2n) is 3.53. The maximum Gasteiger partial charge on any atom is 0.420 e. The lowest BCUT2D eigenvalue weighted by molar-refractivity contribution is -0.211. The maximum absolute atomic E-state index is 12.2. The molecule has 3 N–H and O–H groups in total. The molecule has 0 amide bonds. The van der Waals surface area contributed by atoms with E-state index in [0.29, 0.717) is 12.1 Å². The van der Waals surface area contributed by atoms with Crippen molar-refractivity contribution in [2.24, 2.45) is 0 Å². The summed E-state index contributed by atoms with van der Waals surface area (Å²) in [5.74, 6) is -1.14. The van der Waals surface area contributed by atoms with Gasteiger partial charge in [0.2, 0.25) is 0 Å². The van der Waals surface area contributed by atoms with Crippen molar-refractivity contribution in [2.45, 2.75) is 24.6 Å². The number of alkyl halides is 6. The van der Waals surface area contributed by atoms with Gasteiger partial charge in [-0.1, -0.05) is 0 Å². The molecule has 10 heteroatoms. The van der Waals surface area contributed by atoms with E-state index in [1.807, 2.05) is 0 Å². The minimum atomic E-state index is -5.22. The number of aromatic hydroxyl groups is 1. The third kappa shape index (κ3) is 3.47. The number of hydrogen-bond donors (Lipinski definition) is 3. The van der Waals surface area contributed by atoms with Gasteiger partial charge in [-0.25, -0.2) is 4.98 Å². The van der Waals surface area contributed by atoms with Crippen LogP contribution in [0.3, 0.4) is 0 Å². The fourth-order valence-corrected chi connectivity index (χ4v) is 1.16. The SMILES string of the molecule is Oc1ccc(C(O)C(F)(F)F)nc1C(O)C(F)(F)F. The fraction of sp³-hybridized carbons (Fsp3) is 0.444. The molecule has 1 aromatic rings. The third-order valence-electron chi connectivity index (χ3n) is 2.08. The van der Waals surface area contributed by atoms with Crippen molar-refractivity contribution >= 4 is 0 Å². The molecular formula is C9H7F6NO3. The zero-order chi connectivity index (χ0) is 15.0. The van der Waals surface area contributed by atoms with Gasteiger partial charge in [0.25, 0.3) is 0 Å². The highest BCUT2D eigenvalue weighted by Crippen LogP contribution is 2.38. The van der Waals surface area contributed by atoms with Crippen molar-refractivity contribution in [1.82, 2.24) is 4.98 Å². The molecule has 19 heavy (non-hydrogen) atoms. The molecule has 4 nitrogen and oxygen atoms in total. The Balaban J connectivity index is 3.22. The van der Waals surface area contributed by atoms with Crippen LogP contribution in [0.25, 0.3) is 0 Å². The molecule has 0 aliphatic rings. The van der Waals surface area contributed by atoms with E-state index in [4.69, 9.17) is 15.3 Å². The Hall–Kier alpha value is -1.55. The quantitative estimate of drug-likeness (QED) is 0.728. The van der Waals surface area contributed by atoms with E-state index in [-0.39, 0.29) is 0 Å². The highest BCUT2D eigenvalue weighted by molar-refractivity contribution is 5.31. The van der Waals surface area contributed by atoms with Crippen LogP contribution in [0.2, 0.25) is 0 Å². The smallest absolute Gasteiger partial charge is 0.420 e. The number of rotatable bonds is 2. The van der Waals surface area contributed by atoms with Gasteiger partial charge in [0.15, 0.2) is 12.2 Å². The van der Waals surface area contributed by atoms with Gasteiger partial charge in [0, 0.05) is 0 Å². The van der Waals surface area contributed by atoms with Crippen molar-refractivity contribution in [3.05, 3.63) is 23.5 Å². The summed E-state index contributed by atoms with van der Waals surface area (Å²) in [6, 6.07) is 0.974. The topological polar surface area (TPSA) is 73.6 Å². The zero-order valence-electron chi connectivity index (χ0n) is 8.87. The Bertz CT molecular complexity index is 458. The second kappa shape index (κ2) is 4.85. The summed E-state index contributed by atoms with van der Waals surface area (Å²) in [6.45, 7) is 0. The first-order chi connectivity index (χ1) is 8.44. The summed E-state index contributed by atoms with van der Waals surface area (Å²) in [4.78, 5) is 2.82. The molecule has 0 saturated heterocycles. The van der Waals surface area contributed by atoms with E-state index in [1.165, 1.54) is 0 Å². The van der Waals surface area contributed by atoms with Crippen LogP contribution in [0.15, 0.2) is 12.1 Å². The molecule has 0 aromatic carbocycles. The molecule has 2 unspecified atom stereocenters. The van der Waals surface area contributed by atoms with Crippen LogP contribution in [0.4, 0.5) is 26.3 Å². The van der Waals surface area contributed by atoms with E-state index in [0.717, 1.165) is 0 Å². The average Bonchev–Trinajstić information content (AvgIpc) is 2.25. The summed E-state index contributed by atoms with van der Waals surface area (Å²) in [7, 11) is 0. The second-order valence-corrected chi connectivity index (χ2v) is 3.53. The lowest BCUT2D eigenvalue weighted by Crippen LogP contribution is -2.24. The summed E-state index contributed by atoms with van der Waals surface area (Å²) >= 11 is 0. The van der Waals surface area contributed by atoms with Crippen molar-refractivity contribution in [3.63, 3.8) is 0 Å². The van der Waals surface area contributed by atoms with Crippen LogP contribution < -0.4 is 0 Å². The van der Waals surface area contributed by atoms with E-state index in [2.05, 4.69) is 4.98 Å². The van der Waals surface area contributed by atoms with Crippen LogP contribution >= 0.6 is 0 Å². The molecule has 1 heterocycles. The monoisotopic (exact) mass is 291 g/mol. The number of hydrogen-bond acceptors (Lipinski definition) is 4. The van der Waals surface area contributed by atoms with Crippen LogP contribution in [-0.4, -0.2) is 32.7 Å². The predicted octanol–water partition coefficient (Wildman–Crippen LogP) is 1.98. The molecule has 0 aliphatic heterocycles. The lowest BCUT2D eigenvalue weighted by Gasteiger charge is -2.18. The Morgan fingerprint density at radius 2 is 1.37 bits per heavy atom. The Kier molecular flexibility index (Phi) is 3.96. The number of nitrogens with zero attached hydrogens (tertiary/aromatic N) is 1. The van der Waals surface area contributed by atoms with Gasteiger partial charge < -0.3 is 15.3 Å². The van der Waals surface area contributed by atoms with Crippen LogP contribution in [0.5, 0.6) is 5.75 Å². The van der Waals surface area contributed by atoms with E-state index in [9.17, 15) is 26.3 Å². The first-order valence-corrected chi connectivity index (χ1v) is 4.64. The van der Waals surface area contributed by atoms with Crippen LogP contribution in [0.1, 0.15) is 23.6 Å². The highest BCUT2D eigenvalue weighted by atomic mass is 19.4. The maximum atomic E-state index is 12.2. The highest BCUT2D eigenvalue weighted by Gasteiger charge is 2.44. The molecule has 2 atom stereocenters. The van der Waals surface area contributed by atoms with Gasteiger partial charge in [-0.05, 0) is 12.1 Å². The molecule has 0 aliphatic carbocycles. The first kappa shape index (κ1) is 15.5. The van der Waals surface area contributed by atoms with Crippen molar-refractivity contribution < 1.29 is 41.7 Å². The largest absolute Gasteiger partial charge is 0.506 e. The number of pyridine rings is 1. The molecule has 0 radical (unpaired) electrons. The fourth-order valence-electron chi connectivity index (χ4n) is 1.16. The van der Waals surface area contributed by atoms with E-state index in [1.54, 1.807) is 0 Å². The number of halogens is 6. The van der Waals surface area contributed by atoms with Crippen molar-refractivity contribution in [2.75, 3.05) is 0 Å². The van der Waals surface area contributed by atoms with Gasteiger partial charge >= 0.3 is 12.4 Å². The van der Waals surface area contributed by atoms with Gasteiger partial charge in [-0.15, -0.1) is 0 Å². The van der Waals surface area contributed by atoms with Gasteiger partial charge in [-0.2, -0.15) is 26.3 Å². The third-order valence-corrected chi connectivity index (χ3v) is 2.08. The molecular weight excluding hydrogens is 284 g/mol. The first-order valence-electron chi connectivity index (χ1n) is 4.64. The molecule has 1 rings (SSSR count). The van der Waals surface area contributed by atoms with Crippen molar-refractivity contribution in [1.29, 1.82) is 0 Å². The molecule has 0 spiro atoms. The minimum Gasteiger partial charge on any atom is -0.506 e. The Labute approximate surface area is 101 Å². The standard InChI is InChI=1S/C9H7F6NO3/c10-8(11,12)6(18)3-1-2-4(17)5(16-3)7(19)9(13,14)15/h1-2,6-7,17-19H. The molecule has 0 fully saturated rings. The summed E-state index contributed by atoms with van der Waals surface area (Å²) < 4.78 is 73.1. The van der Waals surface area contributed by atoms with E-state index >= 15 is 0 Å². The van der Waals surface area contributed by atoms with E-state index < -0.39 is 41.7 Å². The normalized spacial score (nSPS) is 16.2. The molecule has 108 valence electrons. The van der Waals surface area contributed by atoms with Gasteiger partial charge in [0.1, 0.15) is 11.4 Å². The number of aliphatic hydroxyl groups is 2. The van der Waals surface area contributed by atoms with Crippen LogP contribution in [0, 0.1) is 0 Å². The number of aliphatic hydroxyl groups excluding tert-OH is 2. The lowest BCUT2D eigenvalue weighted by atomic mass is 10.1. The van der Waals surface area contributed by atoms with Gasteiger partial charge in [0.05, 0.1) is 5.69 Å². The van der Waals surface area contributed by atoms with Gasteiger partial charge in [-0.3, -0.25) is 0 Å². The Morgan fingerprint density at radius 3 is 1.79 bits per heavy atom. The predicted molar refractivity (Wildman–Crippen MR) is 47.9 cm³/mol. The number of aromatic nitrogens is 1. The Morgan fingerprint density at radius 1 is 0.895 bits per heavy atom. The minimum absolute atomic E-state index is 0.474. The summed E-state index contributed by atoms with van der Waals surface area (Å²) in [5.41, 5.74) is -2.57. The molecule has 1 aromatic heterocycles. The zero-order valence-corrected chi connectivity index (χ0v) is 8.87. The summed E-state index contributed by atoms with van der Waals surface area (Å²) in [6.07, 6.45) is -16.7. The van der Waals surface area contributed by atoms with Crippen LogP contribution in [-0.2, 0) is 0 Å². The van der Waals surface area contributed by atoms with Crippen molar-refractivity contribution in [3.8, 4) is 5.75 Å². The summed E-state index contributed by atoms with van der Waals surface area (Å²) in [5, 5.41) is 26.7.